The van der Waals surface area contributed by atoms with Gasteiger partial charge in [-0.1, -0.05) is 19.3 Å². The monoisotopic (exact) mass is 326 g/mol. The molecule has 0 radical (unpaired) electrons. The molecule has 2 fully saturated rings. The third-order valence-electron chi connectivity index (χ3n) is 4.94. The van der Waals surface area contributed by atoms with Crippen LogP contribution in [0.4, 0.5) is 0 Å². The van der Waals surface area contributed by atoms with Gasteiger partial charge in [0.05, 0.1) is 26.4 Å². The third-order valence-corrected chi connectivity index (χ3v) is 4.94. The van der Waals surface area contributed by atoms with Gasteiger partial charge in [-0.2, -0.15) is 0 Å². The quantitative estimate of drug-likeness (QED) is 0.419. The highest BCUT2D eigenvalue weighted by Crippen LogP contribution is 2.34. The summed E-state index contributed by atoms with van der Waals surface area (Å²) in [6.45, 7) is 9.14. The number of aliphatic imine (C=N–C) groups is 1. The van der Waals surface area contributed by atoms with Crippen LogP contribution in [-0.2, 0) is 9.47 Å². The second-order valence-electron chi connectivity index (χ2n) is 6.50. The van der Waals surface area contributed by atoms with Gasteiger partial charge in [0.2, 0.25) is 0 Å². The molecule has 0 bridgehead atoms. The van der Waals surface area contributed by atoms with E-state index in [1.165, 1.54) is 32.1 Å². The molecular weight excluding hydrogens is 292 g/mol. The SMILES string of the molecule is CCNC(=NCC1(N2CCOCC2)CCCCC1)NCCOC. The maximum Gasteiger partial charge on any atom is 0.191 e. The Morgan fingerprint density at radius 1 is 1.17 bits per heavy atom. The van der Waals surface area contributed by atoms with Gasteiger partial charge < -0.3 is 20.1 Å². The average molecular weight is 326 g/mol. The van der Waals surface area contributed by atoms with Gasteiger partial charge >= 0.3 is 0 Å². The van der Waals surface area contributed by atoms with Crippen LogP contribution in [0.5, 0.6) is 0 Å². The summed E-state index contributed by atoms with van der Waals surface area (Å²) in [5.41, 5.74) is 0.228. The van der Waals surface area contributed by atoms with Gasteiger partial charge in [-0.25, -0.2) is 0 Å². The second-order valence-corrected chi connectivity index (χ2v) is 6.50. The van der Waals surface area contributed by atoms with Crippen LogP contribution in [0.3, 0.4) is 0 Å². The zero-order valence-corrected chi connectivity index (χ0v) is 14.9. The molecule has 1 saturated heterocycles. The fourth-order valence-electron chi connectivity index (χ4n) is 3.66. The minimum Gasteiger partial charge on any atom is -0.383 e. The van der Waals surface area contributed by atoms with Crippen LogP contribution >= 0.6 is 0 Å². The van der Waals surface area contributed by atoms with Gasteiger partial charge in [-0.15, -0.1) is 0 Å². The molecule has 0 aromatic rings. The number of morpholine rings is 1. The van der Waals surface area contributed by atoms with Crippen LogP contribution in [-0.4, -0.2) is 76.1 Å². The fraction of sp³-hybridized carbons (Fsp3) is 0.941. The predicted molar refractivity (Wildman–Crippen MR) is 94.1 cm³/mol. The maximum absolute atomic E-state index is 5.55. The summed E-state index contributed by atoms with van der Waals surface area (Å²) in [6.07, 6.45) is 6.52. The van der Waals surface area contributed by atoms with Gasteiger partial charge in [-0.05, 0) is 19.8 Å². The highest BCUT2D eigenvalue weighted by Gasteiger charge is 2.38. The van der Waals surface area contributed by atoms with Crippen LogP contribution in [0, 0.1) is 0 Å². The van der Waals surface area contributed by atoms with E-state index in [1.54, 1.807) is 7.11 Å². The summed E-state index contributed by atoms with van der Waals surface area (Å²) < 4.78 is 10.7. The molecule has 2 rings (SSSR count). The molecule has 0 aromatic heterocycles. The highest BCUT2D eigenvalue weighted by atomic mass is 16.5. The Bertz CT molecular complexity index is 351. The molecule has 0 atom stereocenters. The van der Waals surface area contributed by atoms with Crippen LogP contribution in [0.1, 0.15) is 39.0 Å². The number of nitrogens with one attached hydrogen (secondary N) is 2. The first-order valence-electron chi connectivity index (χ1n) is 9.15. The van der Waals surface area contributed by atoms with E-state index in [2.05, 4.69) is 22.5 Å². The molecule has 6 heteroatoms. The lowest BCUT2D eigenvalue weighted by atomic mass is 9.80. The van der Waals surface area contributed by atoms with Crippen molar-refractivity contribution in [2.45, 2.75) is 44.6 Å². The van der Waals surface area contributed by atoms with E-state index in [0.29, 0.717) is 6.61 Å². The number of guanidine groups is 1. The Balaban J connectivity index is 2.00. The fourth-order valence-corrected chi connectivity index (χ4v) is 3.66. The van der Waals surface area contributed by atoms with Crippen molar-refractivity contribution in [3.8, 4) is 0 Å². The number of rotatable bonds is 7. The van der Waals surface area contributed by atoms with Gasteiger partial charge in [0, 0.05) is 38.8 Å². The summed E-state index contributed by atoms with van der Waals surface area (Å²) >= 11 is 0. The Hall–Kier alpha value is -0.850. The normalized spacial score (nSPS) is 22.8. The van der Waals surface area contributed by atoms with E-state index in [4.69, 9.17) is 14.5 Å². The summed E-state index contributed by atoms with van der Waals surface area (Å²) in [5, 5.41) is 6.69. The molecule has 1 aliphatic carbocycles. The van der Waals surface area contributed by atoms with Crippen LogP contribution in [0.25, 0.3) is 0 Å². The zero-order chi connectivity index (χ0) is 16.4. The van der Waals surface area contributed by atoms with Crippen molar-refractivity contribution < 1.29 is 9.47 Å². The van der Waals surface area contributed by atoms with Crippen LogP contribution in [0.2, 0.25) is 0 Å². The van der Waals surface area contributed by atoms with Crippen LogP contribution in [0.15, 0.2) is 4.99 Å². The standard InChI is InChI=1S/C17H34N4O2/c1-3-18-16(19-9-12-22-2)20-15-17(7-5-4-6-8-17)21-10-13-23-14-11-21/h3-15H2,1-2H3,(H2,18,19,20). The van der Waals surface area contributed by atoms with Crippen molar-refractivity contribution in [1.82, 2.24) is 15.5 Å². The molecular formula is C17H34N4O2. The molecule has 2 aliphatic rings. The van der Waals surface area contributed by atoms with Crippen molar-refractivity contribution in [3.05, 3.63) is 0 Å². The smallest absolute Gasteiger partial charge is 0.191 e. The summed E-state index contributed by atoms with van der Waals surface area (Å²) in [6, 6.07) is 0. The third kappa shape index (κ3) is 5.62. The number of hydrogen-bond donors (Lipinski definition) is 2. The number of nitrogens with zero attached hydrogens (tertiary/aromatic N) is 2. The van der Waals surface area contributed by atoms with Crippen molar-refractivity contribution in [2.75, 3.05) is 59.7 Å². The van der Waals surface area contributed by atoms with E-state index >= 15 is 0 Å². The first-order valence-corrected chi connectivity index (χ1v) is 9.15. The molecule has 0 spiro atoms. The largest absolute Gasteiger partial charge is 0.383 e. The Kier molecular flexibility index (Phi) is 8.12. The predicted octanol–water partition coefficient (Wildman–Crippen LogP) is 1.22. The molecule has 23 heavy (non-hydrogen) atoms. The van der Waals surface area contributed by atoms with Gasteiger partial charge in [0.25, 0.3) is 0 Å². The van der Waals surface area contributed by atoms with E-state index in [9.17, 15) is 0 Å². The number of ether oxygens (including phenoxy) is 2. The second kappa shape index (κ2) is 10.1. The minimum absolute atomic E-state index is 0.228. The summed E-state index contributed by atoms with van der Waals surface area (Å²) in [4.78, 5) is 7.55. The van der Waals surface area contributed by atoms with Gasteiger partial charge in [0.1, 0.15) is 0 Å². The number of methoxy groups -OCH3 is 1. The first kappa shape index (κ1) is 18.5. The van der Waals surface area contributed by atoms with E-state index < -0.39 is 0 Å². The van der Waals surface area contributed by atoms with E-state index in [0.717, 1.165) is 51.9 Å². The molecule has 134 valence electrons. The van der Waals surface area contributed by atoms with Crippen molar-refractivity contribution in [1.29, 1.82) is 0 Å². The van der Waals surface area contributed by atoms with Crippen molar-refractivity contribution >= 4 is 5.96 Å². The summed E-state index contributed by atoms with van der Waals surface area (Å²) in [5.74, 6) is 0.905. The van der Waals surface area contributed by atoms with E-state index in [1.807, 2.05) is 0 Å². The molecule has 1 saturated carbocycles. The maximum atomic E-state index is 5.55. The average Bonchev–Trinajstić information content (AvgIpc) is 2.61. The molecule has 2 N–H and O–H groups in total. The number of hydrogen-bond acceptors (Lipinski definition) is 4. The van der Waals surface area contributed by atoms with Crippen LogP contribution < -0.4 is 10.6 Å². The minimum atomic E-state index is 0.228. The topological polar surface area (TPSA) is 58.1 Å². The molecule has 6 nitrogen and oxygen atoms in total. The molecule has 0 aromatic carbocycles. The van der Waals surface area contributed by atoms with Gasteiger partial charge in [0.15, 0.2) is 5.96 Å². The molecule has 1 aliphatic heterocycles. The lowest BCUT2D eigenvalue weighted by molar-refractivity contribution is -0.0333. The molecule has 1 heterocycles. The van der Waals surface area contributed by atoms with Gasteiger partial charge in [-0.3, -0.25) is 9.89 Å². The Morgan fingerprint density at radius 2 is 1.91 bits per heavy atom. The first-order chi connectivity index (χ1) is 11.3. The molecule has 0 amide bonds. The zero-order valence-electron chi connectivity index (χ0n) is 14.9. The highest BCUT2D eigenvalue weighted by molar-refractivity contribution is 5.79. The Morgan fingerprint density at radius 3 is 2.57 bits per heavy atom. The Labute approximate surface area is 141 Å². The van der Waals surface area contributed by atoms with Crippen molar-refractivity contribution in [3.63, 3.8) is 0 Å². The summed E-state index contributed by atoms with van der Waals surface area (Å²) in [7, 11) is 1.72. The lowest BCUT2D eigenvalue weighted by Gasteiger charge is -2.47. The lowest BCUT2D eigenvalue weighted by Crippen LogP contribution is -2.56. The van der Waals surface area contributed by atoms with E-state index in [-0.39, 0.29) is 5.54 Å². The molecule has 0 unspecified atom stereocenters. The van der Waals surface area contributed by atoms with Crippen molar-refractivity contribution in [2.24, 2.45) is 4.99 Å².